The Balaban J connectivity index is 0.00000144. The van der Waals surface area contributed by atoms with Gasteiger partial charge < -0.3 is 9.80 Å². The number of carbonyl (C=O) groups is 1. The van der Waals surface area contributed by atoms with Gasteiger partial charge in [-0.1, -0.05) is 38.5 Å². The molecular weight excluding hydrogens is 474 g/mol. The Morgan fingerprint density at radius 2 is 1.84 bits per heavy atom. The van der Waals surface area contributed by atoms with Crippen LogP contribution >= 0.6 is 0 Å². The van der Waals surface area contributed by atoms with Crippen molar-refractivity contribution in [3.8, 4) is 11.9 Å². The molecule has 1 aromatic carbocycles. The van der Waals surface area contributed by atoms with E-state index >= 15 is 0 Å². The number of piperazine rings is 1. The maximum absolute atomic E-state index is 13.1. The number of hydrogen-bond donors (Lipinski definition) is 0. The maximum atomic E-state index is 13.1. The van der Waals surface area contributed by atoms with Crippen LogP contribution in [0.15, 0.2) is 61.2 Å². The molecule has 4 heterocycles. The van der Waals surface area contributed by atoms with Crippen LogP contribution in [-0.2, 0) is 0 Å². The monoisotopic (exact) mass is 507 g/mol. The fourth-order valence-corrected chi connectivity index (χ4v) is 5.33. The molecule has 0 radical (unpaired) electrons. The van der Waals surface area contributed by atoms with Crippen molar-refractivity contribution in [2.45, 2.75) is 52.0 Å². The molecule has 1 saturated heterocycles. The quantitative estimate of drug-likeness (QED) is 0.371. The van der Waals surface area contributed by atoms with Crippen LogP contribution in [0.1, 0.15) is 67.4 Å². The van der Waals surface area contributed by atoms with E-state index in [1.807, 2.05) is 53.6 Å². The lowest BCUT2D eigenvalue weighted by Gasteiger charge is -2.40. The van der Waals surface area contributed by atoms with E-state index in [9.17, 15) is 10.1 Å². The number of benzene rings is 1. The summed E-state index contributed by atoms with van der Waals surface area (Å²) in [4.78, 5) is 31.3. The first-order valence-electron chi connectivity index (χ1n) is 13.5. The second kappa shape index (κ2) is 11.0. The number of pyridine rings is 1. The normalized spacial score (nSPS) is 17.4. The molecule has 6 rings (SSSR count). The molecule has 1 amide bonds. The minimum atomic E-state index is 0.0414. The third-order valence-corrected chi connectivity index (χ3v) is 7.47. The third-order valence-electron chi connectivity index (χ3n) is 7.47. The number of nitrogens with zero attached hydrogens (tertiary/aromatic N) is 7. The number of anilines is 1. The summed E-state index contributed by atoms with van der Waals surface area (Å²) in [6.45, 7) is 8.13. The molecule has 1 atom stereocenters. The number of carbonyl (C=O) groups excluding carboxylic acids is 1. The van der Waals surface area contributed by atoms with Crippen LogP contribution in [0.4, 0.5) is 5.82 Å². The molecule has 194 valence electrons. The van der Waals surface area contributed by atoms with Crippen molar-refractivity contribution in [3.63, 3.8) is 0 Å². The lowest BCUT2D eigenvalue weighted by molar-refractivity contribution is 0.0674. The molecule has 1 aliphatic carbocycles. The number of nitriles is 1. The van der Waals surface area contributed by atoms with Gasteiger partial charge in [0, 0.05) is 43.6 Å². The molecular formula is C30H33N7O. The van der Waals surface area contributed by atoms with E-state index in [0.29, 0.717) is 36.9 Å². The Morgan fingerprint density at radius 3 is 2.53 bits per heavy atom. The minimum Gasteiger partial charge on any atom is -0.352 e. The number of rotatable bonds is 4. The van der Waals surface area contributed by atoms with Gasteiger partial charge in [-0.05, 0) is 55.5 Å². The van der Waals surface area contributed by atoms with Gasteiger partial charge in [0.05, 0.1) is 17.0 Å². The van der Waals surface area contributed by atoms with Crippen LogP contribution in [0.25, 0.3) is 16.9 Å². The molecule has 3 aromatic heterocycles. The third kappa shape index (κ3) is 4.60. The first-order valence-corrected chi connectivity index (χ1v) is 13.5. The van der Waals surface area contributed by atoms with Crippen LogP contribution in [0.2, 0.25) is 0 Å². The lowest BCUT2D eigenvalue weighted by Crippen LogP contribution is -2.54. The van der Waals surface area contributed by atoms with Gasteiger partial charge in [-0.15, -0.1) is 0 Å². The number of fused-ring (bicyclic) bond motifs is 1. The largest absolute Gasteiger partial charge is 0.352 e. The SMILES string of the molecule is CC.CC1CN(c2ncnc3c2c(C2CCC2)cn3-c2cc(C#N)ccn2)CCN1C(=O)c1ccccc1. The maximum Gasteiger partial charge on any atom is 0.254 e. The van der Waals surface area contributed by atoms with Gasteiger partial charge in [0.1, 0.15) is 18.0 Å². The van der Waals surface area contributed by atoms with Gasteiger partial charge in [0.2, 0.25) is 0 Å². The second-order valence-electron chi connectivity index (χ2n) is 9.65. The van der Waals surface area contributed by atoms with Gasteiger partial charge in [-0.3, -0.25) is 9.36 Å². The molecule has 0 spiro atoms. The highest BCUT2D eigenvalue weighted by molar-refractivity contribution is 5.95. The molecule has 4 aromatic rings. The van der Waals surface area contributed by atoms with E-state index < -0.39 is 0 Å². The topological polar surface area (TPSA) is 90.9 Å². The molecule has 1 aliphatic heterocycles. The Kier molecular flexibility index (Phi) is 7.36. The molecule has 1 unspecified atom stereocenters. The average molecular weight is 508 g/mol. The van der Waals surface area contributed by atoms with Crippen molar-refractivity contribution in [3.05, 3.63) is 77.9 Å². The zero-order chi connectivity index (χ0) is 26.6. The van der Waals surface area contributed by atoms with E-state index in [1.54, 1.807) is 24.7 Å². The van der Waals surface area contributed by atoms with Crippen molar-refractivity contribution < 1.29 is 4.79 Å². The van der Waals surface area contributed by atoms with Gasteiger partial charge in [-0.25, -0.2) is 15.0 Å². The van der Waals surface area contributed by atoms with Gasteiger partial charge in [0.15, 0.2) is 5.65 Å². The molecule has 38 heavy (non-hydrogen) atoms. The highest BCUT2D eigenvalue weighted by atomic mass is 16.2. The molecule has 1 saturated carbocycles. The average Bonchev–Trinajstić information content (AvgIpc) is 3.32. The molecule has 2 aliphatic rings. The van der Waals surface area contributed by atoms with E-state index in [0.717, 1.165) is 35.3 Å². The predicted octanol–water partition coefficient (Wildman–Crippen LogP) is 5.33. The number of amides is 1. The summed E-state index contributed by atoms with van der Waals surface area (Å²) in [5.74, 6) is 2.13. The van der Waals surface area contributed by atoms with Crippen LogP contribution in [-0.4, -0.2) is 56.0 Å². The van der Waals surface area contributed by atoms with E-state index in [1.165, 1.54) is 12.0 Å². The number of hydrogen-bond acceptors (Lipinski definition) is 6. The molecule has 0 N–H and O–H groups in total. The summed E-state index contributed by atoms with van der Waals surface area (Å²) in [6.07, 6.45) is 8.92. The van der Waals surface area contributed by atoms with Crippen molar-refractivity contribution >= 4 is 22.8 Å². The number of aromatic nitrogens is 4. The Morgan fingerprint density at radius 1 is 1.05 bits per heavy atom. The van der Waals surface area contributed by atoms with Crippen LogP contribution in [0, 0.1) is 11.3 Å². The zero-order valence-electron chi connectivity index (χ0n) is 22.2. The fourth-order valence-electron chi connectivity index (χ4n) is 5.33. The van der Waals surface area contributed by atoms with Gasteiger partial charge in [0.25, 0.3) is 5.91 Å². The Hall–Kier alpha value is -4.25. The summed E-state index contributed by atoms with van der Waals surface area (Å²) < 4.78 is 1.99. The van der Waals surface area contributed by atoms with Gasteiger partial charge in [-0.2, -0.15) is 5.26 Å². The predicted molar refractivity (Wildman–Crippen MR) is 148 cm³/mol. The highest BCUT2D eigenvalue weighted by Gasteiger charge is 2.32. The van der Waals surface area contributed by atoms with Gasteiger partial charge >= 0.3 is 0 Å². The molecule has 8 nitrogen and oxygen atoms in total. The summed E-state index contributed by atoms with van der Waals surface area (Å²) >= 11 is 0. The van der Waals surface area contributed by atoms with Crippen molar-refractivity contribution in [2.75, 3.05) is 24.5 Å². The summed E-state index contributed by atoms with van der Waals surface area (Å²) in [6, 6.07) is 15.2. The van der Waals surface area contributed by atoms with E-state index in [4.69, 9.17) is 4.98 Å². The molecule has 2 fully saturated rings. The Bertz CT molecular complexity index is 1470. The molecule has 8 heteroatoms. The van der Waals surface area contributed by atoms with Crippen molar-refractivity contribution in [1.29, 1.82) is 5.26 Å². The van der Waals surface area contributed by atoms with E-state index in [2.05, 4.69) is 34.1 Å². The van der Waals surface area contributed by atoms with Crippen molar-refractivity contribution in [1.82, 2.24) is 24.4 Å². The zero-order valence-corrected chi connectivity index (χ0v) is 22.2. The second-order valence-corrected chi connectivity index (χ2v) is 9.65. The summed E-state index contributed by atoms with van der Waals surface area (Å²) in [7, 11) is 0. The van der Waals surface area contributed by atoms with E-state index in [-0.39, 0.29) is 11.9 Å². The first-order chi connectivity index (χ1) is 18.6. The summed E-state index contributed by atoms with van der Waals surface area (Å²) in [5.41, 5.74) is 3.33. The Labute approximate surface area is 223 Å². The molecule has 0 bridgehead atoms. The van der Waals surface area contributed by atoms with Crippen LogP contribution < -0.4 is 4.90 Å². The highest BCUT2D eigenvalue weighted by Crippen LogP contribution is 2.43. The first kappa shape index (κ1) is 25.4. The van der Waals surface area contributed by atoms with Crippen molar-refractivity contribution in [2.24, 2.45) is 0 Å². The fraction of sp³-hybridized carbons (Fsp3) is 0.367. The standard InChI is InChI=1S/C28H27N7O.C2H6/c1-19-16-33(12-13-34(19)28(36)22-6-3-2-4-7-22)26-25-23(21-8-5-9-21)17-35(27(25)32-18-31-26)24-14-20(15-29)10-11-30-24;1-2/h2-4,6-7,10-11,14,17-19,21H,5,8-9,12-13,16H2,1H3;1-2H3. The smallest absolute Gasteiger partial charge is 0.254 e. The van der Waals surface area contributed by atoms with Crippen LogP contribution in [0.3, 0.4) is 0 Å². The summed E-state index contributed by atoms with van der Waals surface area (Å²) in [5, 5.41) is 10.4. The van der Waals surface area contributed by atoms with Crippen LogP contribution in [0.5, 0.6) is 0 Å². The minimum absolute atomic E-state index is 0.0414. The lowest BCUT2D eigenvalue weighted by atomic mass is 9.80.